The number of hydrogen-bond donors (Lipinski definition) is 0. The van der Waals surface area contributed by atoms with E-state index in [-0.39, 0.29) is 24.2 Å². The van der Waals surface area contributed by atoms with E-state index in [1.165, 1.54) is 0 Å². The minimum atomic E-state index is -0.488. The molecule has 2 atom stereocenters. The van der Waals surface area contributed by atoms with Gasteiger partial charge in [-0.05, 0) is 44.9 Å². The third-order valence-electron chi connectivity index (χ3n) is 5.70. The Labute approximate surface area is 179 Å². The molecule has 3 aliphatic heterocycles. The van der Waals surface area contributed by atoms with E-state index in [1.807, 2.05) is 53.7 Å². The summed E-state index contributed by atoms with van der Waals surface area (Å²) >= 11 is 0. The summed E-state index contributed by atoms with van der Waals surface area (Å²) in [5, 5.41) is 0. The quantitative estimate of drug-likeness (QED) is 0.648. The van der Waals surface area contributed by atoms with Crippen LogP contribution in [0.2, 0.25) is 0 Å². The van der Waals surface area contributed by atoms with Crippen LogP contribution < -0.4 is 0 Å². The zero-order chi connectivity index (χ0) is 22.1. The van der Waals surface area contributed by atoms with Crippen LogP contribution in [0.25, 0.3) is 0 Å². The Bertz CT molecular complexity index is 802. The summed E-state index contributed by atoms with van der Waals surface area (Å²) in [6.45, 7) is 15.4. The maximum atomic E-state index is 12.4. The molecular formula is C23H34N2O5. The van der Waals surface area contributed by atoms with Crippen molar-refractivity contribution in [3.05, 3.63) is 34.4 Å². The average Bonchev–Trinajstić information content (AvgIpc) is 3.09. The van der Waals surface area contributed by atoms with Crippen LogP contribution in [0.3, 0.4) is 0 Å². The first-order valence-electron chi connectivity index (χ1n) is 10.9. The number of hydrogen-bond acceptors (Lipinski definition) is 6. The molecule has 1 aromatic rings. The van der Waals surface area contributed by atoms with Gasteiger partial charge in [0.15, 0.2) is 0 Å². The number of piperazine rings is 1. The van der Waals surface area contributed by atoms with Gasteiger partial charge in [-0.15, -0.1) is 0 Å². The molecule has 0 radical (unpaired) electrons. The third-order valence-corrected chi connectivity index (χ3v) is 5.70. The topological polar surface area (TPSA) is 68.3 Å². The molecule has 0 aliphatic carbocycles. The second-order valence-corrected chi connectivity index (χ2v) is 8.78. The van der Waals surface area contributed by atoms with Gasteiger partial charge in [0.1, 0.15) is 12.2 Å². The van der Waals surface area contributed by atoms with Gasteiger partial charge in [-0.3, -0.25) is 4.90 Å². The molecule has 1 aromatic carbocycles. The number of nitrogens with zero attached hydrogens (tertiary/aromatic N) is 2. The molecule has 1 amide bonds. The van der Waals surface area contributed by atoms with E-state index < -0.39 is 5.60 Å². The second kappa shape index (κ2) is 8.94. The smallest absolute Gasteiger partial charge is 0.410 e. The highest BCUT2D eigenvalue weighted by Gasteiger charge is 2.37. The first kappa shape index (κ1) is 22.6. The summed E-state index contributed by atoms with van der Waals surface area (Å²) in [4.78, 5) is 28.3. The van der Waals surface area contributed by atoms with Crippen LogP contribution in [-0.2, 0) is 20.8 Å². The van der Waals surface area contributed by atoms with Gasteiger partial charge < -0.3 is 19.1 Å². The Morgan fingerprint density at radius 1 is 1.17 bits per heavy atom. The summed E-state index contributed by atoms with van der Waals surface area (Å²) in [5.41, 5.74) is 3.35. The number of ether oxygens (including phenoxy) is 3. The molecule has 7 nitrogen and oxygen atoms in total. The normalized spacial score (nSPS) is 23.7. The molecule has 166 valence electrons. The zero-order valence-corrected chi connectivity index (χ0v) is 19.0. The van der Waals surface area contributed by atoms with Gasteiger partial charge in [-0.1, -0.05) is 19.9 Å². The first-order chi connectivity index (χ1) is 14.2. The number of cyclic esters (lactones) is 1. The van der Waals surface area contributed by atoms with Crippen molar-refractivity contribution in [1.82, 2.24) is 9.80 Å². The highest BCUT2D eigenvalue weighted by Crippen LogP contribution is 2.33. The van der Waals surface area contributed by atoms with Crippen molar-refractivity contribution in [3.8, 4) is 0 Å². The number of carbonyl (C=O) groups is 2. The van der Waals surface area contributed by atoms with E-state index in [0.29, 0.717) is 31.9 Å². The number of carbonyl (C=O) groups excluding carboxylic acids is 2. The van der Waals surface area contributed by atoms with Crippen molar-refractivity contribution in [3.63, 3.8) is 0 Å². The van der Waals surface area contributed by atoms with Crippen molar-refractivity contribution < 1.29 is 23.8 Å². The molecule has 3 aliphatic rings. The second-order valence-electron chi connectivity index (χ2n) is 8.78. The Morgan fingerprint density at radius 3 is 2.60 bits per heavy atom. The van der Waals surface area contributed by atoms with Gasteiger partial charge in [0.25, 0.3) is 0 Å². The highest BCUT2D eigenvalue weighted by molar-refractivity contribution is 5.93. The predicted molar refractivity (Wildman–Crippen MR) is 114 cm³/mol. The standard InChI is InChI=1S/C21H28N2O5.C2H6/c1-13-15(5-6-16-17(13)12-27-19(16)24)18-10-22-7-8-23(9-14(22)11-26-18)20(25)28-21(2,3)4;1-2/h5-6,14,18H,7-12H2,1-4H3;1-2H3/t14?,18-;/m0./s1. The van der Waals surface area contributed by atoms with Gasteiger partial charge in [0.2, 0.25) is 0 Å². The van der Waals surface area contributed by atoms with Crippen LogP contribution in [0.4, 0.5) is 4.79 Å². The molecule has 1 unspecified atom stereocenters. The van der Waals surface area contributed by atoms with E-state index in [9.17, 15) is 9.59 Å². The SMILES string of the molecule is CC.Cc1c([C@@H]2CN3CCN(C(=O)OC(C)(C)C)CC3CO2)ccc2c1COC2=O. The molecular weight excluding hydrogens is 384 g/mol. The highest BCUT2D eigenvalue weighted by atomic mass is 16.6. The molecule has 7 heteroatoms. The van der Waals surface area contributed by atoms with Gasteiger partial charge >= 0.3 is 12.1 Å². The molecule has 0 saturated carbocycles. The number of morpholine rings is 1. The van der Waals surface area contributed by atoms with Crippen LogP contribution in [0.5, 0.6) is 0 Å². The van der Waals surface area contributed by atoms with Crippen molar-refractivity contribution in [2.75, 3.05) is 32.8 Å². The monoisotopic (exact) mass is 418 g/mol. The molecule has 4 rings (SSSR count). The van der Waals surface area contributed by atoms with Crippen LogP contribution >= 0.6 is 0 Å². The Hall–Kier alpha value is -2.12. The number of amides is 1. The van der Waals surface area contributed by atoms with Crippen molar-refractivity contribution >= 4 is 12.1 Å². The van der Waals surface area contributed by atoms with Gasteiger partial charge in [0.05, 0.1) is 24.3 Å². The van der Waals surface area contributed by atoms with Crippen LogP contribution in [0.1, 0.15) is 67.8 Å². The van der Waals surface area contributed by atoms with Gasteiger partial charge in [-0.25, -0.2) is 9.59 Å². The lowest BCUT2D eigenvalue weighted by Crippen LogP contribution is -2.60. The molecule has 2 fully saturated rings. The first-order valence-corrected chi connectivity index (χ1v) is 10.9. The average molecular weight is 419 g/mol. The fraction of sp³-hybridized carbons (Fsp3) is 0.652. The lowest BCUT2D eigenvalue weighted by molar-refractivity contribution is -0.0908. The van der Waals surface area contributed by atoms with E-state index in [0.717, 1.165) is 29.8 Å². The largest absolute Gasteiger partial charge is 0.457 e. The number of rotatable bonds is 1. The molecule has 0 bridgehead atoms. The minimum absolute atomic E-state index is 0.0367. The maximum Gasteiger partial charge on any atom is 0.410 e. The lowest BCUT2D eigenvalue weighted by Gasteiger charge is -2.46. The summed E-state index contributed by atoms with van der Waals surface area (Å²) < 4.78 is 16.8. The van der Waals surface area contributed by atoms with Crippen molar-refractivity contribution in [2.45, 2.75) is 65.9 Å². The van der Waals surface area contributed by atoms with Crippen LogP contribution in [-0.4, -0.2) is 66.3 Å². The Morgan fingerprint density at radius 2 is 1.90 bits per heavy atom. The summed E-state index contributed by atoms with van der Waals surface area (Å²) in [6, 6.07) is 4.02. The van der Waals surface area contributed by atoms with E-state index >= 15 is 0 Å². The minimum Gasteiger partial charge on any atom is -0.457 e. The molecule has 2 saturated heterocycles. The number of fused-ring (bicyclic) bond motifs is 2. The molecule has 30 heavy (non-hydrogen) atoms. The maximum absolute atomic E-state index is 12.4. The fourth-order valence-corrected chi connectivity index (χ4v) is 4.18. The predicted octanol–water partition coefficient (Wildman–Crippen LogP) is 3.68. The summed E-state index contributed by atoms with van der Waals surface area (Å²) in [6.07, 6.45) is -0.293. The Kier molecular flexibility index (Phi) is 6.72. The van der Waals surface area contributed by atoms with Crippen LogP contribution in [0, 0.1) is 6.92 Å². The van der Waals surface area contributed by atoms with Crippen molar-refractivity contribution in [2.24, 2.45) is 0 Å². The van der Waals surface area contributed by atoms with E-state index in [2.05, 4.69) is 4.90 Å². The Balaban J connectivity index is 0.00000124. The van der Waals surface area contributed by atoms with Crippen LogP contribution in [0.15, 0.2) is 12.1 Å². The fourth-order valence-electron chi connectivity index (χ4n) is 4.18. The summed E-state index contributed by atoms with van der Waals surface area (Å²) in [7, 11) is 0. The van der Waals surface area contributed by atoms with E-state index in [1.54, 1.807) is 4.90 Å². The molecule has 0 N–H and O–H groups in total. The van der Waals surface area contributed by atoms with E-state index in [4.69, 9.17) is 14.2 Å². The third kappa shape index (κ3) is 4.62. The van der Waals surface area contributed by atoms with Crippen molar-refractivity contribution in [1.29, 1.82) is 0 Å². The van der Waals surface area contributed by atoms with Gasteiger partial charge in [-0.2, -0.15) is 0 Å². The number of benzene rings is 1. The van der Waals surface area contributed by atoms with Gasteiger partial charge in [0, 0.05) is 31.7 Å². The number of esters is 1. The molecule has 0 spiro atoms. The lowest BCUT2D eigenvalue weighted by atomic mass is 9.94. The zero-order valence-electron chi connectivity index (χ0n) is 19.0. The summed E-state index contributed by atoms with van der Waals surface area (Å²) in [5.74, 6) is -0.243. The molecule has 0 aromatic heterocycles. The molecule has 3 heterocycles.